The number of hydrogen-bond acceptors (Lipinski definition) is 5. The summed E-state index contributed by atoms with van der Waals surface area (Å²) in [4.78, 5) is 24.9. The molecule has 26 heavy (non-hydrogen) atoms. The van der Waals surface area contributed by atoms with Crippen LogP contribution in [0.25, 0.3) is 10.8 Å². The number of carbonyl (C=O) groups is 2. The molecule has 3 aromatic rings. The molecule has 3 rings (SSSR count). The van der Waals surface area contributed by atoms with Crippen molar-refractivity contribution in [2.75, 3.05) is 6.61 Å². The van der Waals surface area contributed by atoms with E-state index < -0.39 is 18.0 Å². The molecule has 132 valence electrons. The highest BCUT2D eigenvalue weighted by atomic mass is 16.6. The van der Waals surface area contributed by atoms with Crippen LogP contribution in [0.4, 0.5) is 0 Å². The molecule has 1 atom stereocenters. The summed E-state index contributed by atoms with van der Waals surface area (Å²) in [6.07, 6.45) is -1.20. The fourth-order valence-corrected chi connectivity index (χ4v) is 2.66. The van der Waals surface area contributed by atoms with Gasteiger partial charge in [0.15, 0.2) is 0 Å². The summed E-state index contributed by atoms with van der Waals surface area (Å²) in [5, 5.41) is 11.8. The van der Waals surface area contributed by atoms with Gasteiger partial charge in [0.1, 0.15) is 11.3 Å². The standard InChI is InChI=1S/C21H18O5/c1-2-25-21(24)19(14-8-4-3-5-9-14)26-20(23)17-12-15-10-6-7-11-16(15)13-18(17)22/h3-13,19,22H,2H2,1H3/t19-/m0/s1. The van der Waals surface area contributed by atoms with Crippen molar-refractivity contribution < 1.29 is 24.2 Å². The van der Waals surface area contributed by atoms with Gasteiger partial charge >= 0.3 is 11.9 Å². The second-order valence-electron chi connectivity index (χ2n) is 5.66. The van der Waals surface area contributed by atoms with Gasteiger partial charge in [-0.25, -0.2) is 9.59 Å². The fourth-order valence-electron chi connectivity index (χ4n) is 2.66. The third-order valence-electron chi connectivity index (χ3n) is 3.91. The van der Waals surface area contributed by atoms with E-state index in [0.717, 1.165) is 10.8 Å². The maximum Gasteiger partial charge on any atom is 0.352 e. The topological polar surface area (TPSA) is 72.8 Å². The molecule has 5 nitrogen and oxygen atoms in total. The molecule has 0 spiro atoms. The van der Waals surface area contributed by atoms with Gasteiger partial charge in [-0.3, -0.25) is 0 Å². The summed E-state index contributed by atoms with van der Waals surface area (Å²) >= 11 is 0. The highest BCUT2D eigenvalue weighted by molar-refractivity contribution is 5.99. The lowest BCUT2D eigenvalue weighted by Crippen LogP contribution is -2.22. The zero-order valence-electron chi connectivity index (χ0n) is 14.2. The van der Waals surface area contributed by atoms with Crippen LogP contribution in [0.2, 0.25) is 0 Å². The molecule has 0 saturated carbocycles. The van der Waals surface area contributed by atoms with Crippen LogP contribution in [0.1, 0.15) is 28.9 Å². The van der Waals surface area contributed by atoms with Crippen molar-refractivity contribution in [1.29, 1.82) is 0 Å². The summed E-state index contributed by atoms with van der Waals surface area (Å²) in [6, 6.07) is 19.0. The molecule has 0 radical (unpaired) electrons. The van der Waals surface area contributed by atoms with Crippen molar-refractivity contribution in [1.82, 2.24) is 0 Å². The predicted molar refractivity (Wildman–Crippen MR) is 96.8 cm³/mol. The normalized spacial score (nSPS) is 11.7. The van der Waals surface area contributed by atoms with Gasteiger partial charge in [-0.15, -0.1) is 0 Å². The van der Waals surface area contributed by atoms with Gasteiger partial charge in [0.05, 0.1) is 6.61 Å². The molecule has 0 aromatic heterocycles. The Hall–Kier alpha value is -3.34. The average Bonchev–Trinajstić information content (AvgIpc) is 2.66. The van der Waals surface area contributed by atoms with E-state index in [9.17, 15) is 14.7 Å². The number of phenolic OH excluding ortho intramolecular Hbond substituents is 1. The SMILES string of the molecule is CCOC(=O)[C@@H](OC(=O)c1cc2ccccc2cc1O)c1ccccc1. The number of esters is 2. The molecule has 0 aliphatic carbocycles. The van der Waals surface area contributed by atoms with Crippen molar-refractivity contribution in [3.63, 3.8) is 0 Å². The Morgan fingerprint density at radius 3 is 2.23 bits per heavy atom. The van der Waals surface area contributed by atoms with Crippen LogP contribution in [0.3, 0.4) is 0 Å². The minimum absolute atomic E-state index is 0.00562. The zero-order chi connectivity index (χ0) is 18.5. The fraction of sp³-hybridized carbons (Fsp3) is 0.143. The van der Waals surface area contributed by atoms with Gasteiger partial charge in [-0.1, -0.05) is 54.6 Å². The molecule has 0 saturated heterocycles. The number of phenols is 1. The van der Waals surface area contributed by atoms with Gasteiger partial charge in [0.25, 0.3) is 0 Å². The molecular formula is C21H18O5. The van der Waals surface area contributed by atoms with E-state index in [0.29, 0.717) is 5.56 Å². The number of fused-ring (bicyclic) bond motifs is 1. The Morgan fingerprint density at radius 2 is 1.58 bits per heavy atom. The Kier molecular flexibility index (Phi) is 5.17. The highest BCUT2D eigenvalue weighted by Crippen LogP contribution is 2.28. The first kappa shape index (κ1) is 17.5. The molecule has 0 bridgehead atoms. The van der Waals surface area contributed by atoms with E-state index in [-0.39, 0.29) is 17.9 Å². The van der Waals surface area contributed by atoms with Crippen LogP contribution in [-0.2, 0) is 14.3 Å². The van der Waals surface area contributed by atoms with Crippen molar-refractivity contribution in [3.05, 3.63) is 77.9 Å². The lowest BCUT2D eigenvalue weighted by molar-refractivity contribution is -0.153. The van der Waals surface area contributed by atoms with Gasteiger partial charge in [-0.2, -0.15) is 0 Å². The summed E-state index contributed by atoms with van der Waals surface area (Å²) in [6.45, 7) is 1.85. The smallest absolute Gasteiger partial charge is 0.352 e. The second kappa shape index (κ2) is 7.70. The number of carbonyl (C=O) groups excluding carboxylic acids is 2. The molecule has 0 aliphatic rings. The molecule has 5 heteroatoms. The van der Waals surface area contributed by atoms with E-state index in [1.165, 1.54) is 6.07 Å². The monoisotopic (exact) mass is 350 g/mol. The Bertz CT molecular complexity index is 934. The van der Waals surface area contributed by atoms with Gasteiger partial charge in [0.2, 0.25) is 6.10 Å². The number of rotatable bonds is 5. The maximum atomic E-state index is 12.6. The third kappa shape index (κ3) is 3.67. The average molecular weight is 350 g/mol. The predicted octanol–water partition coefficient (Wildman–Crippen LogP) is 4.01. The van der Waals surface area contributed by atoms with Gasteiger partial charge < -0.3 is 14.6 Å². The van der Waals surface area contributed by atoms with Crippen molar-refractivity contribution in [2.45, 2.75) is 13.0 Å². The molecule has 0 unspecified atom stereocenters. The quantitative estimate of drug-likeness (QED) is 0.704. The minimum atomic E-state index is -1.20. The first-order chi connectivity index (χ1) is 12.6. The van der Waals surface area contributed by atoms with E-state index >= 15 is 0 Å². The van der Waals surface area contributed by atoms with Crippen LogP contribution >= 0.6 is 0 Å². The highest BCUT2D eigenvalue weighted by Gasteiger charge is 2.28. The van der Waals surface area contributed by atoms with Crippen LogP contribution < -0.4 is 0 Å². The van der Waals surface area contributed by atoms with Crippen LogP contribution in [0, 0.1) is 0 Å². The van der Waals surface area contributed by atoms with Crippen molar-refractivity contribution in [2.24, 2.45) is 0 Å². The molecule has 0 amide bonds. The lowest BCUT2D eigenvalue weighted by Gasteiger charge is -2.17. The molecule has 0 fully saturated rings. The third-order valence-corrected chi connectivity index (χ3v) is 3.91. The van der Waals surface area contributed by atoms with Crippen molar-refractivity contribution >= 4 is 22.7 Å². The minimum Gasteiger partial charge on any atom is -0.507 e. The van der Waals surface area contributed by atoms with Gasteiger partial charge in [-0.05, 0) is 29.8 Å². The molecule has 0 heterocycles. The lowest BCUT2D eigenvalue weighted by atomic mass is 10.1. The maximum absolute atomic E-state index is 12.6. The molecule has 3 aromatic carbocycles. The van der Waals surface area contributed by atoms with Crippen LogP contribution in [0.5, 0.6) is 5.75 Å². The summed E-state index contributed by atoms with van der Waals surface area (Å²) < 4.78 is 10.4. The summed E-state index contributed by atoms with van der Waals surface area (Å²) in [5.41, 5.74) is 0.494. The van der Waals surface area contributed by atoms with Crippen LogP contribution in [-0.4, -0.2) is 23.7 Å². The first-order valence-corrected chi connectivity index (χ1v) is 8.24. The second-order valence-corrected chi connectivity index (χ2v) is 5.66. The van der Waals surface area contributed by atoms with E-state index in [1.54, 1.807) is 43.3 Å². The number of ether oxygens (including phenoxy) is 2. The Labute approximate surface area is 150 Å². The number of aromatic hydroxyl groups is 1. The summed E-state index contributed by atoms with van der Waals surface area (Å²) in [5.74, 6) is -1.66. The summed E-state index contributed by atoms with van der Waals surface area (Å²) in [7, 11) is 0. The van der Waals surface area contributed by atoms with E-state index in [1.807, 2.05) is 24.3 Å². The Morgan fingerprint density at radius 1 is 0.962 bits per heavy atom. The van der Waals surface area contributed by atoms with E-state index in [4.69, 9.17) is 9.47 Å². The molecule has 0 aliphatic heterocycles. The molecular weight excluding hydrogens is 332 g/mol. The molecule has 1 N–H and O–H groups in total. The van der Waals surface area contributed by atoms with Crippen LogP contribution in [0.15, 0.2) is 66.7 Å². The van der Waals surface area contributed by atoms with E-state index in [2.05, 4.69) is 0 Å². The first-order valence-electron chi connectivity index (χ1n) is 8.24. The Balaban J connectivity index is 1.93. The number of benzene rings is 3. The van der Waals surface area contributed by atoms with Gasteiger partial charge in [0, 0.05) is 5.56 Å². The largest absolute Gasteiger partial charge is 0.507 e. The van der Waals surface area contributed by atoms with Crippen molar-refractivity contribution in [3.8, 4) is 5.75 Å². The number of hydrogen-bond donors (Lipinski definition) is 1. The zero-order valence-corrected chi connectivity index (χ0v) is 14.2.